The van der Waals surface area contributed by atoms with E-state index in [1.165, 1.54) is 51.0 Å². The van der Waals surface area contributed by atoms with Crippen molar-refractivity contribution in [2.75, 3.05) is 7.11 Å². The number of carboxylic acids is 1. The number of pyridine rings is 1. The third-order valence-electron chi connectivity index (χ3n) is 3.92. The molecule has 0 spiro atoms. The molecule has 1 aromatic carbocycles. The molecule has 7 nitrogen and oxygen atoms in total. The molecule has 10 heteroatoms. The highest BCUT2D eigenvalue weighted by molar-refractivity contribution is 6.19. The second kappa shape index (κ2) is 7.74. The summed E-state index contributed by atoms with van der Waals surface area (Å²) < 4.78 is 45.2. The lowest BCUT2D eigenvalue weighted by Gasteiger charge is -2.09. The molecule has 0 aliphatic heterocycles. The molecule has 0 aliphatic rings. The largest absolute Gasteiger partial charge is 0.481 e. The number of benzene rings is 1. The van der Waals surface area contributed by atoms with Crippen LogP contribution in [0.4, 0.5) is 13.2 Å². The number of methoxy groups -OCH3 is 1. The van der Waals surface area contributed by atoms with Gasteiger partial charge < -0.3 is 9.84 Å². The number of carbonyl (C=O) groups is 1. The second-order valence-electron chi connectivity index (χ2n) is 6.07. The van der Waals surface area contributed by atoms with E-state index in [2.05, 4.69) is 15.1 Å². The number of hydrogen-bond donors (Lipinski definition) is 1. The van der Waals surface area contributed by atoms with Crippen LogP contribution in [0.3, 0.4) is 0 Å². The maximum Gasteiger partial charge on any atom is 0.416 e. The SMILES string of the molecule is COc1ccc(C(=Cn2cnc(-c3cc(C)cc(C(F)(F)F)c3)n2)C(=O)O)cn1. The number of alkyl halides is 3. The summed E-state index contributed by atoms with van der Waals surface area (Å²) in [6.45, 7) is 1.54. The van der Waals surface area contributed by atoms with E-state index in [9.17, 15) is 23.1 Å². The zero-order chi connectivity index (χ0) is 21.2. The highest BCUT2D eigenvalue weighted by Crippen LogP contribution is 2.32. The maximum absolute atomic E-state index is 13.0. The van der Waals surface area contributed by atoms with E-state index < -0.39 is 17.7 Å². The van der Waals surface area contributed by atoms with Gasteiger partial charge >= 0.3 is 12.1 Å². The standard InChI is InChI=1S/C19H15F3N4O3/c1-11-5-13(7-14(6-11)19(20,21)22)17-24-10-26(25-17)9-15(18(27)28)12-3-4-16(29-2)23-8-12/h3-10H,1-2H3,(H,27,28). The second-order valence-corrected chi connectivity index (χ2v) is 6.07. The van der Waals surface area contributed by atoms with Gasteiger partial charge in [0, 0.05) is 29.6 Å². The average molecular weight is 404 g/mol. The first-order valence-electron chi connectivity index (χ1n) is 8.23. The van der Waals surface area contributed by atoms with Crippen molar-refractivity contribution in [3.05, 3.63) is 59.5 Å². The van der Waals surface area contributed by atoms with Crippen LogP contribution in [0.5, 0.6) is 5.88 Å². The summed E-state index contributed by atoms with van der Waals surface area (Å²) in [7, 11) is 1.43. The van der Waals surface area contributed by atoms with Gasteiger partial charge in [-0.15, -0.1) is 5.10 Å². The van der Waals surface area contributed by atoms with Crippen LogP contribution >= 0.6 is 0 Å². The first kappa shape index (κ1) is 20.1. The molecule has 0 amide bonds. The Morgan fingerprint density at radius 2 is 1.97 bits per heavy atom. The molecule has 0 fully saturated rings. The van der Waals surface area contributed by atoms with E-state index in [0.29, 0.717) is 17.0 Å². The Morgan fingerprint density at radius 1 is 1.21 bits per heavy atom. The normalized spacial score (nSPS) is 12.1. The minimum atomic E-state index is -4.50. The van der Waals surface area contributed by atoms with E-state index in [4.69, 9.17) is 4.74 Å². The van der Waals surface area contributed by atoms with Crippen LogP contribution in [0.15, 0.2) is 42.9 Å². The van der Waals surface area contributed by atoms with Gasteiger partial charge in [0.2, 0.25) is 5.88 Å². The fourth-order valence-electron chi connectivity index (χ4n) is 2.59. The molecule has 0 aliphatic carbocycles. The Hall–Kier alpha value is -3.69. The summed E-state index contributed by atoms with van der Waals surface area (Å²) in [6, 6.07) is 6.51. The van der Waals surface area contributed by atoms with Crippen LogP contribution < -0.4 is 4.74 Å². The Bertz CT molecular complexity index is 1070. The van der Waals surface area contributed by atoms with Crippen LogP contribution in [-0.2, 0) is 11.0 Å². The van der Waals surface area contributed by atoms with Gasteiger partial charge in [-0.05, 0) is 36.8 Å². The summed E-state index contributed by atoms with van der Waals surface area (Å²) in [6.07, 6.45) is -0.762. The zero-order valence-corrected chi connectivity index (χ0v) is 15.3. The van der Waals surface area contributed by atoms with Crippen molar-refractivity contribution in [3.63, 3.8) is 0 Å². The molecule has 0 radical (unpaired) electrons. The van der Waals surface area contributed by atoms with Gasteiger partial charge in [-0.1, -0.05) is 0 Å². The number of aryl methyl sites for hydroxylation is 1. The van der Waals surface area contributed by atoms with Crippen molar-refractivity contribution >= 4 is 17.7 Å². The highest BCUT2D eigenvalue weighted by atomic mass is 19.4. The Balaban J connectivity index is 1.98. The van der Waals surface area contributed by atoms with Crippen LogP contribution in [0.25, 0.3) is 23.2 Å². The Morgan fingerprint density at radius 3 is 2.55 bits per heavy atom. The van der Waals surface area contributed by atoms with Crippen molar-refractivity contribution in [2.24, 2.45) is 0 Å². The predicted octanol–water partition coefficient (Wildman–Crippen LogP) is 3.76. The molecular formula is C19H15F3N4O3. The highest BCUT2D eigenvalue weighted by Gasteiger charge is 2.31. The molecule has 2 heterocycles. The quantitative estimate of drug-likeness (QED) is 0.652. The van der Waals surface area contributed by atoms with Crippen molar-refractivity contribution in [1.82, 2.24) is 19.7 Å². The molecule has 0 saturated heterocycles. The van der Waals surface area contributed by atoms with Crippen LogP contribution in [0, 0.1) is 6.92 Å². The van der Waals surface area contributed by atoms with Gasteiger partial charge in [0.25, 0.3) is 0 Å². The van der Waals surface area contributed by atoms with Gasteiger partial charge in [-0.3, -0.25) is 0 Å². The first-order valence-corrected chi connectivity index (χ1v) is 8.23. The topological polar surface area (TPSA) is 90.1 Å². The van der Waals surface area contributed by atoms with E-state index in [-0.39, 0.29) is 17.0 Å². The number of ether oxygens (including phenoxy) is 1. The molecule has 0 atom stereocenters. The molecule has 29 heavy (non-hydrogen) atoms. The number of nitrogens with zero attached hydrogens (tertiary/aromatic N) is 4. The summed E-state index contributed by atoms with van der Waals surface area (Å²) in [5, 5.41) is 13.6. The smallest absolute Gasteiger partial charge is 0.416 e. The molecule has 3 aromatic rings. The number of carboxylic acid groups (broad SMARTS) is 1. The lowest BCUT2D eigenvalue weighted by atomic mass is 10.1. The monoisotopic (exact) mass is 404 g/mol. The first-order chi connectivity index (χ1) is 13.7. The Labute approximate surface area is 163 Å². The summed E-state index contributed by atoms with van der Waals surface area (Å²) >= 11 is 0. The van der Waals surface area contributed by atoms with Crippen LogP contribution in [-0.4, -0.2) is 37.9 Å². The summed E-state index contributed by atoms with van der Waals surface area (Å²) in [5.74, 6) is -0.876. The fourth-order valence-corrected chi connectivity index (χ4v) is 2.59. The number of rotatable bonds is 5. The van der Waals surface area contributed by atoms with Gasteiger partial charge in [-0.25, -0.2) is 19.4 Å². The van der Waals surface area contributed by atoms with Gasteiger partial charge in [0.1, 0.15) is 6.33 Å². The van der Waals surface area contributed by atoms with E-state index in [1.54, 1.807) is 0 Å². The third-order valence-corrected chi connectivity index (χ3v) is 3.92. The summed E-state index contributed by atoms with van der Waals surface area (Å²) in [4.78, 5) is 19.6. The number of hydrogen-bond acceptors (Lipinski definition) is 5. The molecule has 0 bridgehead atoms. The van der Waals surface area contributed by atoms with Gasteiger partial charge in [-0.2, -0.15) is 13.2 Å². The Kier molecular flexibility index (Phi) is 5.35. The van der Waals surface area contributed by atoms with Crippen LogP contribution in [0.2, 0.25) is 0 Å². The molecular weight excluding hydrogens is 389 g/mol. The molecule has 1 N–H and O–H groups in total. The predicted molar refractivity (Wildman–Crippen MR) is 97.8 cm³/mol. The zero-order valence-electron chi connectivity index (χ0n) is 15.3. The average Bonchev–Trinajstić information content (AvgIpc) is 3.14. The van der Waals surface area contributed by atoms with Gasteiger partial charge in [0.05, 0.1) is 18.2 Å². The molecule has 2 aromatic heterocycles. The van der Waals surface area contributed by atoms with Crippen LogP contribution in [0.1, 0.15) is 16.7 Å². The lowest BCUT2D eigenvalue weighted by molar-refractivity contribution is -0.137. The van der Waals surface area contributed by atoms with Crippen molar-refractivity contribution in [1.29, 1.82) is 0 Å². The molecule has 150 valence electrons. The van der Waals surface area contributed by atoms with Crippen molar-refractivity contribution < 1.29 is 27.8 Å². The molecule has 0 saturated carbocycles. The van der Waals surface area contributed by atoms with Gasteiger partial charge in [0.15, 0.2) is 5.82 Å². The fraction of sp³-hybridized carbons (Fsp3) is 0.158. The third kappa shape index (κ3) is 4.60. The molecule has 0 unspecified atom stereocenters. The maximum atomic E-state index is 13.0. The molecule has 3 rings (SSSR count). The lowest BCUT2D eigenvalue weighted by Crippen LogP contribution is -2.05. The van der Waals surface area contributed by atoms with Crippen molar-refractivity contribution in [3.8, 4) is 17.3 Å². The minimum absolute atomic E-state index is 0.0352. The van der Waals surface area contributed by atoms with E-state index in [1.807, 2.05) is 0 Å². The van der Waals surface area contributed by atoms with E-state index in [0.717, 1.165) is 16.8 Å². The summed E-state index contributed by atoms with van der Waals surface area (Å²) in [5.41, 5.74) is -0.0678. The minimum Gasteiger partial charge on any atom is -0.481 e. The number of aliphatic carboxylic acids is 1. The van der Waals surface area contributed by atoms with Crippen molar-refractivity contribution in [2.45, 2.75) is 13.1 Å². The van der Waals surface area contributed by atoms with E-state index >= 15 is 0 Å². The number of aromatic nitrogens is 4. The number of halogens is 3.